The standard InChI is InChI=1S/C7F12O/c8-1(2(9)10)4(11,6(14,15)16)3(20)5(12,13)7(17,18)19. The predicted molar refractivity (Wildman–Crippen MR) is 36.3 cm³/mol. The van der Waals surface area contributed by atoms with Gasteiger partial charge in [0.2, 0.25) is 5.83 Å². The van der Waals surface area contributed by atoms with E-state index in [4.69, 9.17) is 0 Å². The Balaban J connectivity index is 6.25. The number of carbonyl (C=O) groups is 1. The van der Waals surface area contributed by atoms with Crippen LogP contribution in [0.1, 0.15) is 0 Å². The van der Waals surface area contributed by atoms with Crippen LogP contribution in [0.5, 0.6) is 0 Å². The van der Waals surface area contributed by atoms with E-state index in [0.717, 1.165) is 0 Å². The fourth-order valence-corrected chi connectivity index (χ4v) is 0.828. The lowest BCUT2D eigenvalue weighted by Crippen LogP contribution is -2.60. The third-order valence-electron chi connectivity index (χ3n) is 1.81. The van der Waals surface area contributed by atoms with Gasteiger partial charge in [-0.1, -0.05) is 0 Å². The van der Waals surface area contributed by atoms with Crippen molar-refractivity contribution in [2.24, 2.45) is 0 Å². The maximum Gasteiger partial charge on any atom is 0.461 e. The zero-order chi connectivity index (χ0) is 16.7. The minimum Gasteiger partial charge on any atom is -0.288 e. The molecule has 0 rings (SSSR count). The van der Waals surface area contributed by atoms with Gasteiger partial charge < -0.3 is 0 Å². The molecule has 0 bridgehead atoms. The van der Waals surface area contributed by atoms with E-state index in [2.05, 4.69) is 0 Å². The third-order valence-corrected chi connectivity index (χ3v) is 1.81. The first kappa shape index (κ1) is 18.6. The van der Waals surface area contributed by atoms with Gasteiger partial charge in [0.1, 0.15) is 0 Å². The largest absolute Gasteiger partial charge is 0.461 e. The number of Topliss-reactive ketones (excluding diaryl/α,β-unsaturated/α-hetero) is 1. The van der Waals surface area contributed by atoms with Crippen LogP contribution in [-0.2, 0) is 4.79 Å². The fraction of sp³-hybridized carbons (Fsp3) is 0.571. The Morgan fingerprint density at radius 1 is 0.650 bits per heavy atom. The number of carbonyl (C=O) groups excluding carboxylic acids is 1. The zero-order valence-electron chi connectivity index (χ0n) is 8.44. The highest BCUT2D eigenvalue weighted by Crippen LogP contribution is 2.49. The van der Waals surface area contributed by atoms with Gasteiger partial charge in [-0.15, -0.1) is 0 Å². The van der Waals surface area contributed by atoms with Crippen molar-refractivity contribution in [1.29, 1.82) is 0 Å². The molecule has 1 atom stereocenters. The van der Waals surface area contributed by atoms with Crippen LogP contribution in [0.2, 0.25) is 0 Å². The van der Waals surface area contributed by atoms with E-state index in [1.165, 1.54) is 0 Å². The summed E-state index contributed by atoms with van der Waals surface area (Å²) in [6.45, 7) is 0. The van der Waals surface area contributed by atoms with Crippen LogP contribution in [0, 0.1) is 0 Å². The Morgan fingerprint density at radius 3 is 1.20 bits per heavy atom. The Bertz CT molecular complexity index is 424. The third kappa shape index (κ3) is 2.70. The average molecular weight is 328 g/mol. The monoisotopic (exact) mass is 328 g/mol. The van der Waals surface area contributed by atoms with Gasteiger partial charge in [0.05, 0.1) is 0 Å². The summed E-state index contributed by atoms with van der Waals surface area (Å²) < 4.78 is 144. The summed E-state index contributed by atoms with van der Waals surface area (Å²) >= 11 is 0. The smallest absolute Gasteiger partial charge is 0.288 e. The molecule has 118 valence electrons. The summed E-state index contributed by atoms with van der Waals surface area (Å²) in [6, 6.07) is 0. The van der Waals surface area contributed by atoms with Gasteiger partial charge in [-0.25, -0.2) is 8.78 Å². The summed E-state index contributed by atoms with van der Waals surface area (Å²) in [4.78, 5) is 10.4. The first-order chi connectivity index (χ1) is 8.51. The summed E-state index contributed by atoms with van der Waals surface area (Å²) in [5.74, 6) is -16.2. The molecule has 0 aromatic carbocycles. The lowest BCUT2D eigenvalue weighted by Gasteiger charge is -2.28. The molecule has 0 amide bonds. The molecule has 0 aromatic rings. The van der Waals surface area contributed by atoms with Crippen LogP contribution in [0.3, 0.4) is 0 Å². The average Bonchev–Trinajstić information content (AvgIpc) is 2.22. The van der Waals surface area contributed by atoms with Crippen LogP contribution in [0.15, 0.2) is 11.9 Å². The predicted octanol–water partition coefficient (Wildman–Crippen LogP) is 4.10. The Kier molecular flexibility index (Phi) is 4.49. The molecule has 13 heteroatoms. The number of rotatable bonds is 3. The second-order valence-corrected chi connectivity index (χ2v) is 3.13. The molecule has 1 nitrogen and oxygen atoms in total. The number of allylic oxidation sites excluding steroid dienone is 1. The van der Waals surface area contributed by atoms with Crippen molar-refractivity contribution in [2.45, 2.75) is 23.9 Å². The first-order valence-electron chi connectivity index (χ1n) is 3.97. The number of ketones is 1. The maximum atomic E-state index is 13.0. The van der Waals surface area contributed by atoms with Gasteiger partial charge in [0.25, 0.3) is 5.78 Å². The van der Waals surface area contributed by atoms with Crippen molar-refractivity contribution >= 4 is 5.78 Å². The van der Waals surface area contributed by atoms with Gasteiger partial charge >= 0.3 is 30.0 Å². The number of alkyl halides is 9. The van der Waals surface area contributed by atoms with Crippen molar-refractivity contribution in [3.63, 3.8) is 0 Å². The molecular weight excluding hydrogens is 328 g/mol. The molecule has 0 aliphatic carbocycles. The molecule has 0 spiro atoms. The van der Waals surface area contributed by atoms with Gasteiger partial charge in [0.15, 0.2) is 0 Å². The summed E-state index contributed by atoms with van der Waals surface area (Å²) in [7, 11) is 0. The molecule has 0 saturated heterocycles. The van der Waals surface area contributed by atoms with E-state index < -0.39 is 41.6 Å². The molecule has 0 aliphatic rings. The Morgan fingerprint density at radius 2 is 1.00 bits per heavy atom. The molecule has 0 fully saturated rings. The molecule has 0 aliphatic heterocycles. The highest BCUT2D eigenvalue weighted by molar-refractivity contribution is 5.97. The summed E-state index contributed by atoms with van der Waals surface area (Å²) in [5.41, 5.74) is -6.83. The number of hydrogen-bond acceptors (Lipinski definition) is 1. The van der Waals surface area contributed by atoms with E-state index in [0.29, 0.717) is 0 Å². The molecule has 0 saturated carbocycles. The van der Waals surface area contributed by atoms with E-state index in [1.807, 2.05) is 0 Å². The van der Waals surface area contributed by atoms with E-state index >= 15 is 0 Å². The second kappa shape index (κ2) is 4.84. The quantitative estimate of drug-likeness (QED) is 0.713. The maximum absolute atomic E-state index is 13.0. The topological polar surface area (TPSA) is 17.1 Å². The van der Waals surface area contributed by atoms with E-state index in [9.17, 15) is 57.5 Å². The van der Waals surface area contributed by atoms with E-state index in [-0.39, 0.29) is 0 Å². The van der Waals surface area contributed by atoms with Gasteiger partial charge in [-0.3, -0.25) is 4.79 Å². The number of halogens is 12. The van der Waals surface area contributed by atoms with Crippen molar-refractivity contribution in [3.05, 3.63) is 11.9 Å². The zero-order valence-corrected chi connectivity index (χ0v) is 8.44. The number of hydrogen-bond donors (Lipinski definition) is 0. The SMILES string of the molecule is O=C(C(F)(F)C(F)(F)F)C(F)(C(F)=C(F)F)C(F)(F)F. The second-order valence-electron chi connectivity index (χ2n) is 3.13. The Labute approximate surface area is 100 Å². The van der Waals surface area contributed by atoms with Gasteiger partial charge in [0, 0.05) is 0 Å². The lowest BCUT2D eigenvalue weighted by molar-refractivity contribution is -0.286. The Hall–Kier alpha value is -1.43. The van der Waals surface area contributed by atoms with Crippen LogP contribution < -0.4 is 0 Å². The van der Waals surface area contributed by atoms with Gasteiger partial charge in [-0.2, -0.15) is 43.9 Å². The normalized spacial score (nSPS) is 16.6. The minimum absolute atomic E-state index is 4.21. The minimum atomic E-state index is -7.10. The summed E-state index contributed by atoms with van der Waals surface area (Å²) in [6.07, 6.45) is -18.4. The molecule has 0 N–H and O–H groups in total. The first-order valence-corrected chi connectivity index (χ1v) is 3.97. The molecule has 0 aromatic heterocycles. The van der Waals surface area contributed by atoms with Crippen LogP contribution in [-0.4, -0.2) is 29.7 Å². The van der Waals surface area contributed by atoms with Crippen molar-refractivity contribution < 1.29 is 57.5 Å². The van der Waals surface area contributed by atoms with Crippen LogP contribution in [0.25, 0.3) is 0 Å². The van der Waals surface area contributed by atoms with Crippen molar-refractivity contribution in [1.82, 2.24) is 0 Å². The van der Waals surface area contributed by atoms with Gasteiger partial charge in [-0.05, 0) is 0 Å². The van der Waals surface area contributed by atoms with Crippen molar-refractivity contribution in [3.8, 4) is 0 Å². The fourth-order valence-electron chi connectivity index (χ4n) is 0.828. The van der Waals surface area contributed by atoms with Crippen LogP contribution in [0.4, 0.5) is 52.7 Å². The highest BCUT2D eigenvalue weighted by atomic mass is 19.4. The highest BCUT2D eigenvalue weighted by Gasteiger charge is 2.77. The molecular formula is C7F12O. The molecule has 0 heterocycles. The molecule has 20 heavy (non-hydrogen) atoms. The van der Waals surface area contributed by atoms with Crippen LogP contribution >= 0.6 is 0 Å². The lowest BCUT2D eigenvalue weighted by atomic mass is 9.93. The van der Waals surface area contributed by atoms with Crippen molar-refractivity contribution in [2.75, 3.05) is 0 Å². The molecule has 0 radical (unpaired) electrons. The summed E-state index contributed by atoms with van der Waals surface area (Å²) in [5, 5.41) is 0. The van der Waals surface area contributed by atoms with E-state index in [1.54, 1.807) is 0 Å². The molecule has 1 unspecified atom stereocenters.